The Balaban J connectivity index is 2.85. The Morgan fingerprint density at radius 3 is 2.85 bits per heavy atom. The third kappa shape index (κ3) is 2.37. The van der Waals surface area contributed by atoms with Gasteiger partial charge >= 0.3 is 0 Å². The number of benzene rings is 1. The van der Waals surface area contributed by atoms with Crippen LogP contribution < -0.4 is 15.2 Å². The van der Waals surface area contributed by atoms with Crippen LogP contribution >= 0.6 is 0 Å². The van der Waals surface area contributed by atoms with Crippen molar-refractivity contribution in [3.8, 4) is 11.5 Å². The minimum absolute atomic E-state index is 0.0142. The van der Waals surface area contributed by atoms with Gasteiger partial charge in [-0.05, 0) is 12.1 Å². The van der Waals surface area contributed by atoms with Crippen molar-refractivity contribution in [2.24, 2.45) is 0 Å². The minimum atomic E-state index is 0.0142. The van der Waals surface area contributed by atoms with Crippen molar-refractivity contribution in [3.63, 3.8) is 0 Å². The summed E-state index contributed by atoms with van der Waals surface area (Å²) < 4.78 is 10.1. The average Bonchev–Trinajstić information content (AvgIpc) is 2.16. The molecule has 2 N–H and O–H groups in total. The Bertz CT molecular complexity index is 299. The number of carbonyl (C=O) groups is 1. The maximum Gasteiger partial charge on any atom is 0.162 e. The first-order valence-corrected chi connectivity index (χ1v) is 3.78. The molecular formula is C9H11NO3. The number of nitrogens with two attached hydrogens (primary N) is 1. The van der Waals surface area contributed by atoms with E-state index in [2.05, 4.69) is 0 Å². The predicted octanol–water partition coefficient (Wildman–Crippen LogP) is 0.855. The van der Waals surface area contributed by atoms with Crippen molar-refractivity contribution >= 4 is 12.0 Å². The molecule has 13 heavy (non-hydrogen) atoms. The summed E-state index contributed by atoms with van der Waals surface area (Å²) in [5.41, 5.74) is 6.12. The number of carbonyl (C=O) groups excluding carboxylic acids is 1. The van der Waals surface area contributed by atoms with Crippen LogP contribution in [0.1, 0.15) is 0 Å². The molecule has 1 aromatic rings. The fourth-order valence-corrected chi connectivity index (χ4v) is 0.927. The van der Waals surface area contributed by atoms with E-state index in [1.807, 2.05) is 0 Å². The van der Waals surface area contributed by atoms with E-state index in [1.165, 1.54) is 7.11 Å². The van der Waals surface area contributed by atoms with E-state index in [9.17, 15) is 4.79 Å². The zero-order valence-electron chi connectivity index (χ0n) is 7.32. The van der Waals surface area contributed by atoms with Gasteiger partial charge in [0.05, 0.1) is 7.11 Å². The summed E-state index contributed by atoms with van der Waals surface area (Å²) in [7, 11) is 1.52. The molecule has 0 heterocycles. The van der Waals surface area contributed by atoms with Crippen LogP contribution in [0, 0.1) is 0 Å². The summed E-state index contributed by atoms with van der Waals surface area (Å²) in [5.74, 6) is 1.05. The van der Waals surface area contributed by atoms with Crippen molar-refractivity contribution in [1.82, 2.24) is 0 Å². The third-order valence-corrected chi connectivity index (χ3v) is 1.49. The number of rotatable bonds is 4. The van der Waals surface area contributed by atoms with Gasteiger partial charge in [0.1, 0.15) is 6.61 Å². The molecule has 4 heteroatoms. The zero-order chi connectivity index (χ0) is 9.68. The van der Waals surface area contributed by atoms with E-state index >= 15 is 0 Å². The number of methoxy groups -OCH3 is 1. The molecule has 0 atom stereocenters. The summed E-state index contributed by atoms with van der Waals surface area (Å²) in [6.07, 6.45) is 0.676. The highest BCUT2D eigenvalue weighted by Crippen LogP contribution is 2.28. The monoisotopic (exact) mass is 181 g/mol. The molecule has 0 spiro atoms. The van der Waals surface area contributed by atoms with Crippen molar-refractivity contribution < 1.29 is 14.3 Å². The lowest BCUT2D eigenvalue weighted by Gasteiger charge is -2.08. The van der Waals surface area contributed by atoms with Gasteiger partial charge in [0, 0.05) is 11.8 Å². The highest BCUT2D eigenvalue weighted by atomic mass is 16.5. The average molecular weight is 181 g/mol. The second-order valence-electron chi connectivity index (χ2n) is 2.39. The summed E-state index contributed by atoms with van der Waals surface area (Å²) >= 11 is 0. The zero-order valence-corrected chi connectivity index (χ0v) is 7.32. The SMILES string of the molecule is COc1cc(N)ccc1OCC=O. The van der Waals surface area contributed by atoms with Crippen LogP contribution in [0.4, 0.5) is 5.69 Å². The molecule has 0 fully saturated rings. The standard InChI is InChI=1S/C9H11NO3/c1-12-9-6-7(10)2-3-8(9)13-5-4-11/h2-4,6H,5,10H2,1H3. The number of hydrogen-bond acceptors (Lipinski definition) is 4. The lowest BCUT2D eigenvalue weighted by atomic mass is 10.3. The Morgan fingerprint density at radius 1 is 1.46 bits per heavy atom. The van der Waals surface area contributed by atoms with Gasteiger partial charge in [0.15, 0.2) is 17.8 Å². The highest BCUT2D eigenvalue weighted by Gasteiger charge is 2.03. The van der Waals surface area contributed by atoms with Gasteiger partial charge in [-0.15, -0.1) is 0 Å². The second kappa shape index (κ2) is 4.35. The summed E-state index contributed by atoms with van der Waals surface area (Å²) in [4.78, 5) is 10.1. The topological polar surface area (TPSA) is 61.6 Å². The van der Waals surface area contributed by atoms with E-state index in [0.717, 1.165) is 0 Å². The molecule has 4 nitrogen and oxygen atoms in total. The minimum Gasteiger partial charge on any atom is -0.493 e. The number of aldehydes is 1. The molecule has 1 rings (SSSR count). The van der Waals surface area contributed by atoms with Crippen LogP contribution in [-0.2, 0) is 4.79 Å². The molecule has 0 aromatic heterocycles. The Hall–Kier alpha value is -1.71. The van der Waals surface area contributed by atoms with Crippen molar-refractivity contribution in [2.75, 3.05) is 19.5 Å². The van der Waals surface area contributed by atoms with E-state index in [4.69, 9.17) is 15.2 Å². The summed E-state index contributed by atoms with van der Waals surface area (Å²) in [6.45, 7) is 0.0142. The normalized spacial score (nSPS) is 9.31. The molecule has 70 valence electrons. The molecule has 0 bridgehead atoms. The van der Waals surface area contributed by atoms with E-state index in [1.54, 1.807) is 18.2 Å². The van der Waals surface area contributed by atoms with Crippen LogP contribution in [0.2, 0.25) is 0 Å². The highest BCUT2D eigenvalue weighted by molar-refractivity contribution is 5.55. The molecule has 1 aromatic carbocycles. The first-order chi connectivity index (χ1) is 6.27. The lowest BCUT2D eigenvalue weighted by Crippen LogP contribution is -2.00. The summed E-state index contributed by atoms with van der Waals surface area (Å²) in [6, 6.07) is 4.99. The predicted molar refractivity (Wildman–Crippen MR) is 49.0 cm³/mol. The molecule has 0 amide bonds. The Kier molecular flexibility index (Phi) is 3.14. The maximum atomic E-state index is 10.1. The van der Waals surface area contributed by atoms with Crippen LogP contribution in [0.25, 0.3) is 0 Å². The smallest absolute Gasteiger partial charge is 0.162 e. The number of nitrogen functional groups attached to an aromatic ring is 1. The van der Waals surface area contributed by atoms with Gasteiger partial charge in [0.2, 0.25) is 0 Å². The Morgan fingerprint density at radius 2 is 2.23 bits per heavy atom. The molecule has 0 unspecified atom stereocenters. The van der Waals surface area contributed by atoms with Gasteiger partial charge in [-0.1, -0.05) is 0 Å². The number of hydrogen-bond donors (Lipinski definition) is 1. The van der Waals surface area contributed by atoms with Crippen LogP contribution in [0.15, 0.2) is 18.2 Å². The van der Waals surface area contributed by atoms with Gasteiger partial charge in [0.25, 0.3) is 0 Å². The lowest BCUT2D eigenvalue weighted by molar-refractivity contribution is -0.109. The van der Waals surface area contributed by atoms with Crippen molar-refractivity contribution in [3.05, 3.63) is 18.2 Å². The number of anilines is 1. The molecule has 0 aliphatic heterocycles. The summed E-state index contributed by atoms with van der Waals surface area (Å²) in [5, 5.41) is 0. The molecule has 0 saturated carbocycles. The first-order valence-electron chi connectivity index (χ1n) is 3.78. The second-order valence-corrected chi connectivity index (χ2v) is 2.39. The largest absolute Gasteiger partial charge is 0.493 e. The van der Waals surface area contributed by atoms with Crippen LogP contribution in [0.5, 0.6) is 11.5 Å². The van der Waals surface area contributed by atoms with E-state index < -0.39 is 0 Å². The molecule has 0 aliphatic rings. The maximum absolute atomic E-state index is 10.1. The van der Waals surface area contributed by atoms with Gasteiger partial charge in [-0.3, -0.25) is 4.79 Å². The molecular weight excluding hydrogens is 170 g/mol. The molecule has 0 saturated heterocycles. The van der Waals surface area contributed by atoms with Crippen molar-refractivity contribution in [1.29, 1.82) is 0 Å². The van der Waals surface area contributed by atoms with Gasteiger partial charge in [-0.2, -0.15) is 0 Å². The number of ether oxygens (including phenoxy) is 2. The fraction of sp³-hybridized carbons (Fsp3) is 0.222. The fourth-order valence-electron chi connectivity index (χ4n) is 0.927. The molecule has 0 radical (unpaired) electrons. The van der Waals surface area contributed by atoms with Gasteiger partial charge in [-0.25, -0.2) is 0 Å². The quantitative estimate of drug-likeness (QED) is 0.552. The van der Waals surface area contributed by atoms with Crippen molar-refractivity contribution in [2.45, 2.75) is 0 Å². The van der Waals surface area contributed by atoms with E-state index in [-0.39, 0.29) is 6.61 Å². The first kappa shape index (κ1) is 9.38. The van der Waals surface area contributed by atoms with Gasteiger partial charge < -0.3 is 15.2 Å². The van der Waals surface area contributed by atoms with Crippen LogP contribution in [0.3, 0.4) is 0 Å². The molecule has 0 aliphatic carbocycles. The van der Waals surface area contributed by atoms with Crippen LogP contribution in [-0.4, -0.2) is 20.0 Å². The Labute approximate surface area is 76.3 Å². The third-order valence-electron chi connectivity index (χ3n) is 1.49. The van der Waals surface area contributed by atoms with E-state index in [0.29, 0.717) is 23.5 Å².